The molecular formula is C33H43N3O8S. The van der Waals surface area contributed by atoms with Crippen LogP contribution in [0.5, 0.6) is 5.75 Å². The van der Waals surface area contributed by atoms with Crippen molar-refractivity contribution in [3.05, 3.63) is 65.2 Å². The van der Waals surface area contributed by atoms with E-state index in [1.54, 1.807) is 31.4 Å². The number of benzene rings is 2. The fourth-order valence-electron chi connectivity index (χ4n) is 6.17. The van der Waals surface area contributed by atoms with Gasteiger partial charge in [-0.2, -0.15) is 0 Å². The number of rotatable bonds is 10. The Morgan fingerprint density at radius 3 is 2.62 bits per heavy atom. The summed E-state index contributed by atoms with van der Waals surface area (Å²) in [6.45, 7) is 6.93. The fourth-order valence-corrected chi connectivity index (χ4v) is 7.31. The molecule has 3 saturated heterocycles. The highest BCUT2D eigenvalue weighted by molar-refractivity contribution is 8.00. The van der Waals surface area contributed by atoms with Crippen LogP contribution < -0.4 is 15.4 Å². The second kappa shape index (κ2) is 14.4. The highest BCUT2D eigenvalue weighted by Crippen LogP contribution is 2.40. The lowest BCUT2D eigenvalue weighted by atomic mass is 9.96. The zero-order valence-corrected chi connectivity index (χ0v) is 27.0. The SMILES string of the molecule is COc1ccc(C[C@H](NC(=O)O[C@@H]2CO[C@@H]3OCCC[C@@H]32)[C@H](O)C(=O)N2CSC(C)(C)[C@H]2C(=O)NCc2ccccc2C)cc1. The number of aryl methyl sites for hydroxylation is 1. The third-order valence-electron chi connectivity index (χ3n) is 8.82. The number of nitrogens with one attached hydrogen (secondary N) is 2. The molecule has 45 heavy (non-hydrogen) atoms. The monoisotopic (exact) mass is 641 g/mol. The average Bonchev–Trinajstić information content (AvgIpc) is 3.59. The van der Waals surface area contributed by atoms with Gasteiger partial charge in [0.15, 0.2) is 12.4 Å². The molecule has 3 heterocycles. The van der Waals surface area contributed by atoms with E-state index < -0.39 is 47.3 Å². The van der Waals surface area contributed by atoms with Crippen LogP contribution in [0.2, 0.25) is 0 Å². The minimum atomic E-state index is -1.65. The number of nitrogens with zero attached hydrogens (tertiary/aromatic N) is 1. The van der Waals surface area contributed by atoms with Crippen molar-refractivity contribution < 1.29 is 38.4 Å². The Hall–Kier alpha value is -3.32. The first-order chi connectivity index (χ1) is 21.6. The molecule has 0 spiro atoms. The molecule has 11 nitrogen and oxygen atoms in total. The number of thioether (sulfide) groups is 1. The van der Waals surface area contributed by atoms with Crippen molar-refractivity contribution in [1.29, 1.82) is 0 Å². The summed E-state index contributed by atoms with van der Waals surface area (Å²) in [7, 11) is 1.57. The van der Waals surface area contributed by atoms with E-state index in [9.17, 15) is 19.5 Å². The molecule has 3 fully saturated rings. The van der Waals surface area contributed by atoms with Gasteiger partial charge in [0.25, 0.3) is 5.91 Å². The molecule has 6 atom stereocenters. The summed E-state index contributed by atoms with van der Waals surface area (Å²) in [6.07, 6.45) is -1.50. The first-order valence-electron chi connectivity index (χ1n) is 15.4. The summed E-state index contributed by atoms with van der Waals surface area (Å²) in [5.41, 5.74) is 2.80. The molecule has 0 aromatic heterocycles. The lowest BCUT2D eigenvalue weighted by Gasteiger charge is -2.33. The standard InChI is InChI=1S/C33H43N3O8S/c1-20-8-5-6-9-22(20)17-34-29(38)28-33(2,3)45-19-36(28)30(39)27(37)25(16-21-11-13-23(41-4)14-12-21)35-32(40)44-26-18-43-31-24(26)10-7-15-42-31/h5-6,8-9,11-14,24-28,31,37H,7,10,15-19H2,1-4H3,(H,34,38)(H,35,40)/t24-,25+,26-,27+,28-,31+/m1/s1. The maximum atomic E-state index is 14.0. The predicted octanol–water partition coefficient (Wildman–Crippen LogP) is 3.15. The Bertz CT molecular complexity index is 1360. The number of aliphatic hydroxyl groups excluding tert-OH is 1. The molecule has 0 unspecified atom stereocenters. The number of aliphatic hydroxyl groups is 1. The summed E-state index contributed by atoms with van der Waals surface area (Å²) in [6, 6.07) is 13.1. The molecule has 3 N–H and O–H groups in total. The highest BCUT2D eigenvalue weighted by Gasteiger charge is 2.50. The molecule has 3 aliphatic rings. The Kier molecular flexibility index (Phi) is 10.6. The number of ether oxygens (including phenoxy) is 4. The van der Waals surface area contributed by atoms with Crippen molar-refractivity contribution in [2.45, 2.75) is 81.9 Å². The van der Waals surface area contributed by atoms with Crippen LogP contribution in [0, 0.1) is 12.8 Å². The Morgan fingerprint density at radius 1 is 1.13 bits per heavy atom. The summed E-state index contributed by atoms with van der Waals surface area (Å²) in [4.78, 5) is 42.1. The quantitative estimate of drug-likeness (QED) is 0.358. The molecule has 0 saturated carbocycles. The van der Waals surface area contributed by atoms with E-state index in [1.807, 2.05) is 45.0 Å². The molecule has 2 aromatic carbocycles. The van der Waals surface area contributed by atoms with Crippen molar-refractivity contribution in [2.75, 3.05) is 26.2 Å². The number of carbonyl (C=O) groups excluding carboxylic acids is 3. The van der Waals surface area contributed by atoms with Crippen LogP contribution in [-0.2, 0) is 36.8 Å². The van der Waals surface area contributed by atoms with Gasteiger partial charge in [0.05, 0.1) is 25.6 Å². The van der Waals surface area contributed by atoms with E-state index in [-0.39, 0.29) is 30.7 Å². The van der Waals surface area contributed by atoms with Gasteiger partial charge in [-0.3, -0.25) is 9.59 Å². The first kappa shape index (κ1) is 33.1. The minimum absolute atomic E-state index is 0.0705. The smallest absolute Gasteiger partial charge is 0.407 e. The number of alkyl carbamates (subject to hydrolysis) is 1. The van der Waals surface area contributed by atoms with E-state index >= 15 is 0 Å². The second-order valence-electron chi connectivity index (χ2n) is 12.3. The highest BCUT2D eigenvalue weighted by atomic mass is 32.2. The number of fused-ring (bicyclic) bond motifs is 1. The summed E-state index contributed by atoms with van der Waals surface area (Å²) in [5.74, 6) is -0.154. The van der Waals surface area contributed by atoms with Gasteiger partial charge < -0.3 is 39.6 Å². The van der Waals surface area contributed by atoms with Crippen molar-refractivity contribution in [3.63, 3.8) is 0 Å². The Labute approximate surface area is 268 Å². The lowest BCUT2D eigenvalue weighted by Crippen LogP contribution is -2.58. The number of hydrogen-bond donors (Lipinski definition) is 3. The Morgan fingerprint density at radius 2 is 1.89 bits per heavy atom. The third-order valence-corrected chi connectivity index (χ3v) is 10.2. The molecule has 12 heteroatoms. The molecule has 0 aliphatic carbocycles. The van der Waals surface area contributed by atoms with Gasteiger partial charge in [0.1, 0.15) is 17.9 Å². The summed E-state index contributed by atoms with van der Waals surface area (Å²) < 4.78 is 21.7. The first-order valence-corrected chi connectivity index (χ1v) is 16.3. The molecule has 0 bridgehead atoms. The zero-order valence-electron chi connectivity index (χ0n) is 26.2. The van der Waals surface area contributed by atoms with Crippen molar-refractivity contribution in [1.82, 2.24) is 15.5 Å². The Balaban J connectivity index is 1.31. The van der Waals surface area contributed by atoms with Gasteiger partial charge in [-0.1, -0.05) is 36.4 Å². The maximum Gasteiger partial charge on any atom is 0.407 e. The van der Waals surface area contributed by atoms with Gasteiger partial charge in [0.2, 0.25) is 5.91 Å². The van der Waals surface area contributed by atoms with Gasteiger partial charge in [0, 0.05) is 23.8 Å². The zero-order chi connectivity index (χ0) is 32.1. The van der Waals surface area contributed by atoms with Gasteiger partial charge in [-0.05, 0) is 68.9 Å². The molecule has 3 amide bonds. The number of carbonyl (C=O) groups is 3. The normalized spacial score (nSPS) is 25.1. The summed E-state index contributed by atoms with van der Waals surface area (Å²) >= 11 is 1.46. The van der Waals surface area contributed by atoms with E-state index in [4.69, 9.17) is 18.9 Å². The predicted molar refractivity (Wildman–Crippen MR) is 169 cm³/mol. The fraction of sp³-hybridized carbons (Fsp3) is 0.545. The minimum Gasteiger partial charge on any atom is -0.497 e. The number of methoxy groups -OCH3 is 1. The van der Waals surface area contributed by atoms with Crippen molar-refractivity contribution in [3.8, 4) is 5.75 Å². The van der Waals surface area contributed by atoms with E-state index in [0.717, 1.165) is 29.5 Å². The maximum absolute atomic E-state index is 14.0. The van der Waals surface area contributed by atoms with Crippen LogP contribution in [0.3, 0.4) is 0 Å². The van der Waals surface area contributed by atoms with E-state index in [1.165, 1.54) is 16.7 Å². The topological polar surface area (TPSA) is 136 Å². The van der Waals surface area contributed by atoms with Crippen LogP contribution in [0.1, 0.15) is 43.4 Å². The molecule has 3 aliphatic heterocycles. The second-order valence-corrected chi connectivity index (χ2v) is 13.9. The average molecular weight is 642 g/mol. The van der Waals surface area contributed by atoms with Gasteiger partial charge in [-0.15, -0.1) is 11.8 Å². The number of hydrogen-bond acceptors (Lipinski definition) is 9. The van der Waals surface area contributed by atoms with E-state index in [0.29, 0.717) is 18.9 Å². The largest absolute Gasteiger partial charge is 0.497 e. The molecule has 2 aromatic rings. The molecular weight excluding hydrogens is 598 g/mol. The van der Waals surface area contributed by atoms with Crippen LogP contribution in [0.4, 0.5) is 4.79 Å². The van der Waals surface area contributed by atoms with Crippen molar-refractivity contribution in [2.24, 2.45) is 5.92 Å². The molecule has 244 valence electrons. The van der Waals surface area contributed by atoms with Crippen molar-refractivity contribution >= 4 is 29.7 Å². The van der Waals surface area contributed by atoms with Gasteiger partial charge in [-0.25, -0.2) is 4.79 Å². The van der Waals surface area contributed by atoms with Crippen LogP contribution >= 0.6 is 11.8 Å². The lowest BCUT2D eigenvalue weighted by molar-refractivity contribution is -0.152. The molecule has 0 radical (unpaired) electrons. The van der Waals surface area contributed by atoms with Crippen LogP contribution in [0.15, 0.2) is 48.5 Å². The van der Waals surface area contributed by atoms with Crippen LogP contribution in [0.25, 0.3) is 0 Å². The van der Waals surface area contributed by atoms with Crippen LogP contribution in [-0.4, -0.2) is 89.4 Å². The summed E-state index contributed by atoms with van der Waals surface area (Å²) in [5, 5.41) is 17.3. The van der Waals surface area contributed by atoms with E-state index in [2.05, 4.69) is 10.6 Å². The molecule has 5 rings (SSSR count). The van der Waals surface area contributed by atoms with Gasteiger partial charge >= 0.3 is 6.09 Å². The number of amides is 3. The third kappa shape index (κ3) is 7.74.